The molecule has 2 nitrogen and oxygen atoms in total. The number of rotatable bonds is 2. The van der Waals surface area contributed by atoms with Crippen molar-refractivity contribution in [2.45, 2.75) is 37.0 Å². The molecule has 74 valence electrons. The minimum atomic E-state index is -0.257. The first-order chi connectivity index (χ1) is 6.38. The minimum absolute atomic E-state index is 0.257. The second kappa shape index (κ2) is 4.38. The first-order valence-electron chi connectivity index (χ1n) is 4.98. The third-order valence-electron chi connectivity index (χ3n) is 2.66. The Balaban J connectivity index is 1.94. The molecule has 2 unspecified atom stereocenters. The van der Waals surface area contributed by atoms with Gasteiger partial charge in [0.05, 0.1) is 19.0 Å². The normalized spacial score (nSPS) is 30.8. The molecule has 2 rings (SSSR count). The molecule has 0 bridgehead atoms. The fourth-order valence-corrected chi connectivity index (χ4v) is 3.22. The molecule has 2 heterocycles. The predicted molar refractivity (Wildman–Crippen MR) is 54.8 cm³/mol. The van der Waals surface area contributed by atoms with Crippen molar-refractivity contribution in [3.8, 4) is 0 Å². The van der Waals surface area contributed by atoms with Gasteiger partial charge < -0.3 is 9.84 Å². The quantitative estimate of drug-likeness (QED) is 0.738. The van der Waals surface area contributed by atoms with Gasteiger partial charge in [-0.15, -0.1) is 0 Å². The molecule has 0 aromatic rings. The molecule has 1 fully saturated rings. The third-order valence-corrected chi connectivity index (χ3v) is 4.11. The average molecular weight is 200 g/mol. The molecule has 0 saturated carbocycles. The Morgan fingerprint density at radius 2 is 2.46 bits per heavy atom. The van der Waals surface area contributed by atoms with Crippen LogP contribution >= 0.6 is 11.8 Å². The molecule has 2 aliphatic heterocycles. The van der Waals surface area contributed by atoms with E-state index in [9.17, 15) is 5.11 Å². The van der Waals surface area contributed by atoms with E-state index in [-0.39, 0.29) is 6.10 Å². The maximum Gasteiger partial charge on any atom is 0.0900 e. The van der Waals surface area contributed by atoms with Crippen LogP contribution in [0.15, 0.2) is 11.8 Å². The fraction of sp³-hybridized carbons (Fsp3) is 0.800. The molecule has 0 radical (unpaired) electrons. The van der Waals surface area contributed by atoms with Gasteiger partial charge >= 0.3 is 0 Å². The van der Waals surface area contributed by atoms with E-state index in [1.54, 1.807) is 6.26 Å². The van der Waals surface area contributed by atoms with Crippen LogP contribution in [0.5, 0.6) is 0 Å². The number of ether oxygens (including phenoxy) is 1. The second-order valence-corrected chi connectivity index (χ2v) is 5.01. The zero-order valence-electron chi connectivity index (χ0n) is 7.74. The zero-order valence-corrected chi connectivity index (χ0v) is 8.55. The van der Waals surface area contributed by atoms with Crippen molar-refractivity contribution >= 4 is 11.8 Å². The van der Waals surface area contributed by atoms with Gasteiger partial charge in [-0.25, -0.2) is 0 Å². The van der Waals surface area contributed by atoms with Crippen LogP contribution in [0.4, 0.5) is 0 Å². The van der Waals surface area contributed by atoms with Crippen molar-refractivity contribution in [2.75, 3.05) is 12.4 Å². The van der Waals surface area contributed by atoms with E-state index in [1.165, 1.54) is 12.2 Å². The monoisotopic (exact) mass is 200 g/mol. The fourth-order valence-electron chi connectivity index (χ4n) is 1.89. The van der Waals surface area contributed by atoms with E-state index in [2.05, 4.69) is 0 Å². The summed E-state index contributed by atoms with van der Waals surface area (Å²) in [5.41, 5.74) is 1.10. The number of thioether (sulfide) groups is 1. The summed E-state index contributed by atoms with van der Waals surface area (Å²) >= 11 is 1.90. The molecular weight excluding hydrogens is 184 g/mol. The highest BCUT2D eigenvalue weighted by atomic mass is 32.2. The lowest BCUT2D eigenvalue weighted by molar-refractivity contribution is 0.166. The van der Waals surface area contributed by atoms with Gasteiger partial charge in [0.15, 0.2) is 0 Å². The molecule has 0 spiro atoms. The molecule has 3 heteroatoms. The maximum atomic E-state index is 10.0. The zero-order chi connectivity index (χ0) is 9.10. The summed E-state index contributed by atoms with van der Waals surface area (Å²) in [6, 6.07) is 0. The predicted octanol–water partition coefficient (Wildman–Crippen LogP) is 1.94. The van der Waals surface area contributed by atoms with Gasteiger partial charge in [-0.05, 0) is 37.0 Å². The van der Waals surface area contributed by atoms with Crippen molar-refractivity contribution in [3.63, 3.8) is 0 Å². The topological polar surface area (TPSA) is 29.5 Å². The minimum Gasteiger partial charge on any atom is -0.501 e. The summed E-state index contributed by atoms with van der Waals surface area (Å²) in [5.74, 6) is 1.20. The van der Waals surface area contributed by atoms with Crippen molar-refractivity contribution in [3.05, 3.63) is 11.8 Å². The van der Waals surface area contributed by atoms with Crippen LogP contribution in [0.1, 0.15) is 25.7 Å². The van der Waals surface area contributed by atoms with E-state index >= 15 is 0 Å². The Labute approximate surface area is 83.4 Å². The molecule has 0 aliphatic carbocycles. The summed E-state index contributed by atoms with van der Waals surface area (Å²) in [4.78, 5) is 0. The lowest BCUT2D eigenvalue weighted by atomic mass is 10.00. The van der Waals surface area contributed by atoms with E-state index in [4.69, 9.17) is 4.74 Å². The largest absolute Gasteiger partial charge is 0.501 e. The van der Waals surface area contributed by atoms with Crippen LogP contribution < -0.4 is 0 Å². The highest BCUT2D eigenvalue weighted by Crippen LogP contribution is 2.33. The van der Waals surface area contributed by atoms with Crippen LogP contribution in [-0.4, -0.2) is 28.8 Å². The van der Waals surface area contributed by atoms with E-state index in [0.29, 0.717) is 5.25 Å². The highest BCUT2D eigenvalue weighted by molar-refractivity contribution is 8.00. The molecule has 0 amide bonds. The Hall–Kier alpha value is -0.150. The second-order valence-electron chi connectivity index (χ2n) is 3.66. The summed E-state index contributed by atoms with van der Waals surface area (Å²) in [5, 5.41) is 10.4. The average Bonchev–Trinajstić information content (AvgIpc) is 2.71. The van der Waals surface area contributed by atoms with Gasteiger partial charge in [0.1, 0.15) is 0 Å². The molecule has 0 aromatic carbocycles. The summed E-state index contributed by atoms with van der Waals surface area (Å²) in [6.45, 7) is 0.814. The molecule has 1 saturated heterocycles. The van der Waals surface area contributed by atoms with Crippen molar-refractivity contribution in [1.29, 1.82) is 0 Å². The first kappa shape index (κ1) is 9.41. The summed E-state index contributed by atoms with van der Waals surface area (Å²) in [6.07, 6.45) is 5.99. The summed E-state index contributed by atoms with van der Waals surface area (Å²) < 4.78 is 5.23. The van der Waals surface area contributed by atoms with Gasteiger partial charge in [-0.1, -0.05) is 0 Å². The first-order valence-corrected chi connectivity index (χ1v) is 6.03. The van der Waals surface area contributed by atoms with Gasteiger partial charge in [0.2, 0.25) is 0 Å². The molecule has 0 aromatic heterocycles. The van der Waals surface area contributed by atoms with Crippen LogP contribution in [0.25, 0.3) is 0 Å². The van der Waals surface area contributed by atoms with E-state index < -0.39 is 0 Å². The molecule has 13 heavy (non-hydrogen) atoms. The van der Waals surface area contributed by atoms with E-state index in [0.717, 1.165) is 31.4 Å². The Morgan fingerprint density at radius 3 is 3.08 bits per heavy atom. The number of aliphatic hydroxyl groups excluding tert-OH is 1. The Kier molecular flexibility index (Phi) is 3.17. The van der Waals surface area contributed by atoms with Crippen molar-refractivity contribution < 1.29 is 9.84 Å². The van der Waals surface area contributed by atoms with Gasteiger partial charge in [0, 0.05) is 5.25 Å². The number of hydrogen-bond donors (Lipinski definition) is 1. The Bertz CT molecular complexity index is 197. The SMILES string of the molecule is OC(C1=COCCC1)C1CCCS1. The van der Waals surface area contributed by atoms with E-state index in [1.807, 2.05) is 11.8 Å². The molecule has 2 aliphatic rings. The lowest BCUT2D eigenvalue weighted by Gasteiger charge is -2.22. The third kappa shape index (κ3) is 2.20. The highest BCUT2D eigenvalue weighted by Gasteiger charge is 2.27. The molecule has 1 N–H and O–H groups in total. The van der Waals surface area contributed by atoms with Crippen LogP contribution in [0.2, 0.25) is 0 Å². The smallest absolute Gasteiger partial charge is 0.0900 e. The standard InChI is InChI=1S/C10H16O2S/c11-10(9-4-2-6-13-9)8-3-1-5-12-7-8/h7,9-11H,1-6H2. The van der Waals surface area contributed by atoms with Gasteiger partial charge in [0.25, 0.3) is 0 Å². The van der Waals surface area contributed by atoms with Gasteiger partial charge in [-0.3, -0.25) is 0 Å². The lowest BCUT2D eigenvalue weighted by Crippen LogP contribution is -2.24. The van der Waals surface area contributed by atoms with Crippen LogP contribution in [-0.2, 0) is 4.74 Å². The number of aliphatic hydroxyl groups is 1. The van der Waals surface area contributed by atoms with Gasteiger partial charge in [-0.2, -0.15) is 11.8 Å². The Morgan fingerprint density at radius 1 is 1.54 bits per heavy atom. The summed E-state index contributed by atoms with van der Waals surface area (Å²) in [7, 11) is 0. The maximum absolute atomic E-state index is 10.0. The van der Waals surface area contributed by atoms with Crippen LogP contribution in [0.3, 0.4) is 0 Å². The molecular formula is C10H16O2S. The number of hydrogen-bond acceptors (Lipinski definition) is 3. The van der Waals surface area contributed by atoms with Crippen molar-refractivity contribution in [2.24, 2.45) is 0 Å². The molecule has 2 atom stereocenters. The van der Waals surface area contributed by atoms with Crippen LogP contribution in [0, 0.1) is 0 Å². The van der Waals surface area contributed by atoms with Crippen molar-refractivity contribution in [1.82, 2.24) is 0 Å².